The van der Waals surface area contributed by atoms with Crippen molar-refractivity contribution in [3.05, 3.63) is 90.0 Å². The van der Waals surface area contributed by atoms with Gasteiger partial charge in [-0.05, 0) is 42.0 Å². The third-order valence-corrected chi connectivity index (χ3v) is 4.12. The lowest BCUT2D eigenvalue weighted by Gasteiger charge is -2.11. The highest BCUT2D eigenvalue weighted by molar-refractivity contribution is 5.87. The Kier molecular flexibility index (Phi) is 5.24. The van der Waals surface area contributed by atoms with Crippen molar-refractivity contribution in [3.8, 4) is 23.0 Å². The van der Waals surface area contributed by atoms with Crippen molar-refractivity contribution in [2.75, 3.05) is 6.79 Å². The van der Waals surface area contributed by atoms with Crippen LogP contribution in [-0.2, 0) is 16.1 Å². The summed E-state index contributed by atoms with van der Waals surface area (Å²) >= 11 is 0. The van der Waals surface area contributed by atoms with E-state index in [1.807, 2.05) is 72.8 Å². The van der Waals surface area contributed by atoms with Crippen LogP contribution < -0.4 is 14.2 Å². The van der Waals surface area contributed by atoms with Gasteiger partial charge in [0.2, 0.25) is 6.79 Å². The van der Waals surface area contributed by atoms with E-state index < -0.39 is 5.97 Å². The largest absolute Gasteiger partial charge is 0.458 e. The Morgan fingerprint density at radius 2 is 1.71 bits per heavy atom. The number of carbonyl (C=O) groups excluding carboxylic acids is 1. The first-order valence-corrected chi connectivity index (χ1v) is 8.83. The number of para-hydroxylation sites is 2. The molecule has 0 unspecified atom stereocenters. The van der Waals surface area contributed by atoms with Gasteiger partial charge in [0.15, 0.2) is 11.5 Å². The van der Waals surface area contributed by atoms with Gasteiger partial charge in [0.05, 0.1) is 0 Å². The summed E-state index contributed by atoms with van der Waals surface area (Å²) in [5, 5.41) is 0. The Balaban J connectivity index is 1.37. The van der Waals surface area contributed by atoms with Gasteiger partial charge in [-0.2, -0.15) is 0 Å². The average molecular weight is 374 g/mol. The molecule has 4 rings (SSSR count). The lowest BCUT2D eigenvalue weighted by molar-refractivity contribution is -0.138. The molecule has 5 nitrogen and oxygen atoms in total. The number of esters is 1. The fourth-order valence-electron chi connectivity index (χ4n) is 2.72. The quantitative estimate of drug-likeness (QED) is 0.451. The van der Waals surface area contributed by atoms with E-state index in [0.717, 1.165) is 16.9 Å². The molecule has 0 bridgehead atoms. The Labute approximate surface area is 162 Å². The molecule has 0 fully saturated rings. The van der Waals surface area contributed by atoms with Crippen molar-refractivity contribution >= 4 is 12.0 Å². The number of fused-ring (bicyclic) bond motifs is 1. The third kappa shape index (κ3) is 4.32. The van der Waals surface area contributed by atoms with Crippen LogP contribution in [0.5, 0.6) is 23.0 Å². The van der Waals surface area contributed by atoms with Crippen LogP contribution in [0.4, 0.5) is 0 Å². The fraction of sp³-hybridized carbons (Fsp3) is 0.0870. The van der Waals surface area contributed by atoms with Crippen LogP contribution >= 0.6 is 0 Å². The molecular weight excluding hydrogens is 356 g/mol. The normalized spacial score (nSPS) is 12.1. The summed E-state index contributed by atoms with van der Waals surface area (Å²) in [6.07, 6.45) is 3.06. The molecule has 0 N–H and O–H groups in total. The number of hydrogen-bond acceptors (Lipinski definition) is 5. The average Bonchev–Trinajstić information content (AvgIpc) is 3.20. The zero-order chi connectivity index (χ0) is 19.2. The smallest absolute Gasteiger partial charge is 0.331 e. The zero-order valence-corrected chi connectivity index (χ0v) is 15.0. The SMILES string of the molecule is O=C(/C=C/c1ccc2c(c1)OCO2)OCc1ccccc1Oc1ccccc1. The maximum Gasteiger partial charge on any atom is 0.331 e. The Bertz CT molecular complexity index is 995. The van der Waals surface area contributed by atoms with Crippen molar-refractivity contribution in [2.24, 2.45) is 0 Å². The number of carbonyl (C=O) groups is 1. The molecule has 3 aromatic carbocycles. The van der Waals surface area contributed by atoms with Crippen LogP contribution in [0.1, 0.15) is 11.1 Å². The molecule has 1 heterocycles. The van der Waals surface area contributed by atoms with Crippen LogP contribution in [0.15, 0.2) is 78.9 Å². The Hall–Kier alpha value is -3.73. The summed E-state index contributed by atoms with van der Waals surface area (Å²) in [6, 6.07) is 22.4. The fourth-order valence-corrected chi connectivity index (χ4v) is 2.72. The first-order chi connectivity index (χ1) is 13.8. The summed E-state index contributed by atoms with van der Waals surface area (Å²) in [6.45, 7) is 0.336. The number of benzene rings is 3. The van der Waals surface area contributed by atoms with Crippen molar-refractivity contribution < 1.29 is 23.7 Å². The highest BCUT2D eigenvalue weighted by Gasteiger charge is 2.12. The predicted molar refractivity (Wildman–Crippen MR) is 104 cm³/mol. The highest BCUT2D eigenvalue weighted by Crippen LogP contribution is 2.32. The topological polar surface area (TPSA) is 54.0 Å². The molecule has 0 aromatic heterocycles. The van der Waals surface area contributed by atoms with Crippen molar-refractivity contribution in [2.45, 2.75) is 6.61 Å². The summed E-state index contributed by atoms with van der Waals surface area (Å²) in [5.41, 5.74) is 1.62. The van der Waals surface area contributed by atoms with Gasteiger partial charge < -0.3 is 18.9 Å². The molecule has 0 saturated heterocycles. The minimum Gasteiger partial charge on any atom is -0.458 e. The third-order valence-electron chi connectivity index (χ3n) is 4.12. The van der Waals surface area contributed by atoms with Gasteiger partial charge in [-0.15, -0.1) is 0 Å². The summed E-state index contributed by atoms with van der Waals surface area (Å²) in [7, 11) is 0. The van der Waals surface area contributed by atoms with E-state index in [9.17, 15) is 4.79 Å². The molecule has 3 aromatic rings. The molecule has 0 saturated carbocycles. The molecule has 0 amide bonds. The predicted octanol–water partition coefficient (Wildman–Crippen LogP) is 4.96. The van der Waals surface area contributed by atoms with E-state index in [-0.39, 0.29) is 13.4 Å². The maximum absolute atomic E-state index is 12.1. The summed E-state index contributed by atoms with van der Waals surface area (Å²) in [4.78, 5) is 12.1. The lowest BCUT2D eigenvalue weighted by atomic mass is 10.2. The van der Waals surface area contributed by atoms with Crippen LogP contribution in [-0.4, -0.2) is 12.8 Å². The van der Waals surface area contributed by atoms with E-state index in [4.69, 9.17) is 18.9 Å². The van der Waals surface area contributed by atoms with E-state index in [1.165, 1.54) is 6.08 Å². The number of hydrogen-bond donors (Lipinski definition) is 0. The van der Waals surface area contributed by atoms with Gasteiger partial charge in [-0.1, -0.05) is 42.5 Å². The van der Waals surface area contributed by atoms with E-state index in [1.54, 1.807) is 6.08 Å². The summed E-state index contributed by atoms with van der Waals surface area (Å²) < 4.78 is 21.8. The molecule has 0 radical (unpaired) electrons. The van der Waals surface area contributed by atoms with E-state index >= 15 is 0 Å². The Morgan fingerprint density at radius 1 is 0.929 bits per heavy atom. The molecule has 28 heavy (non-hydrogen) atoms. The standard InChI is InChI=1S/C23H18O5/c24-23(13-11-17-10-12-21-22(14-17)27-16-26-21)25-15-18-6-4-5-9-20(18)28-19-7-2-1-3-8-19/h1-14H,15-16H2/b13-11+. The second-order valence-corrected chi connectivity index (χ2v) is 6.08. The van der Waals surface area contributed by atoms with E-state index in [0.29, 0.717) is 17.2 Å². The van der Waals surface area contributed by atoms with Crippen molar-refractivity contribution in [1.82, 2.24) is 0 Å². The van der Waals surface area contributed by atoms with Gasteiger partial charge in [0.1, 0.15) is 18.1 Å². The van der Waals surface area contributed by atoms with Gasteiger partial charge in [-0.25, -0.2) is 4.79 Å². The number of rotatable bonds is 6. The van der Waals surface area contributed by atoms with E-state index in [2.05, 4.69) is 0 Å². The molecule has 0 atom stereocenters. The molecule has 5 heteroatoms. The maximum atomic E-state index is 12.1. The van der Waals surface area contributed by atoms with Gasteiger partial charge >= 0.3 is 5.97 Å². The van der Waals surface area contributed by atoms with Crippen LogP contribution in [0.3, 0.4) is 0 Å². The first-order valence-electron chi connectivity index (χ1n) is 8.83. The van der Waals surface area contributed by atoms with Crippen LogP contribution in [0.25, 0.3) is 6.08 Å². The lowest BCUT2D eigenvalue weighted by Crippen LogP contribution is -2.02. The minimum atomic E-state index is -0.438. The summed E-state index contributed by atoms with van der Waals surface area (Å²) in [5.74, 6) is 2.31. The Morgan fingerprint density at radius 3 is 2.61 bits per heavy atom. The molecule has 140 valence electrons. The molecular formula is C23H18O5. The highest BCUT2D eigenvalue weighted by atomic mass is 16.7. The minimum absolute atomic E-state index is 0.118. The second kappa shape index (κ2) is 8.31. The van der Waals surface area contributed by atoms with Crippen molar-refractivity contribution in [3.63, 3.8) is 0 Å². The molecule has 1 aliphatic rings. The first kappa shape index (κ1) is 17.7. The monoisotopic (exact) mass is 374 g/mol. The molecule has 0 aliphatic carbocycles. The molecule has 1 aliphatic heterocycles. The number of ether oxygens (including phenoxy) is 4. The van der Waals surface area contributed by atoms with Crippen LogP contribution in [0.2, 0.25) is 0 Å². The van der Waals surface area contributed by atoms with Gasteiger partial charge in [0, 0.05) is 11.6 Å². The molecule has 0 spiro atoms. The van der Waals surface area contributed by atoms with Crippen molar-refractivity contribution in [1.29, 1.82) is 0 Å². The second-order valence-electron chi connectivity index (χ2n) is 6.08. The zero-order valence-electron chi connectivity index (χ0n) is 15.0. The van der Waals surface area contributed by atoms with Crippen LogP contribution in [0, 0.1) is 0 Å². The van der Waals surface area contributed by atoms with Gasteiger partial charge in [0.25, 0.3) is 0 Å². The van der Waals surface area contributed by atoms with Gasteiger partial charge in [-0.3, -0.25) is 0 Å².